The third-order valence-corrected chi connectivity index (χ3v) is 15.9. The third-order valence-electron chi connectivity index (χ3n) is 15.9. The molecule has 0 saturated heterocycles. The Morgan fingerprint density at radius 3 is 0.822 bits per heavy atom. The molecule has 0 aliphatic carbocycles. The van der Waals surface area contributed by atoms with Crippen LogP contribution in [-0.2, 0) is 4.79 Å². The van der Waals surface area contributed by atoms with E-state index in [1.165, 1.54) is 302 Å². The molecule has 4 atom stereocenters. The first-order chi connectivity index (χ1) is 36.0. The predicted molar refractivity (Wildman–Crippen MR) is 321 cm³/mol. The Balaban J connectivity index is 3.57. The van der Waals surface area contributed by atoms with Gasteiger partial charge in [0.25, 0.3) is 0 Å². The largest absolute Gasteiger partial charge is 0.394 e. The van der Waals surface area contributed by atoms with E-state index < -0.39 is 36.9 Å². The highest BCUT2D eigenvalue weighted by Gasteiger charge is 2.28. The van der Waals surface area contributed by atoms with Gasteiger partial charge in [0.1, 0.15) is 12.2 Å². The Morgan fingerprint density at radius 2 is 0.562 bits per heavy atom. The molecule has 6 heteroatoms. The summed E-state index contributed by atoms with van der Waals surface area (Å²) in [4.78, 5) is 12.6. The van der Waals surface area contributed by atoms with Crippen LogP contribution in [0.25, 0.3) is 0 Å². The molecule has 0 radical (unpaired) electrons. The highest BCUT2D eigenvalue weighted by Crippen LogP contribution is 2.19. The fourth-order valence-electron chi connectivity index (χ4n) is 10.7. The Labute approximate surface area is 456 Å². The topological polar surface area (TPSA) is 110 Å². The van der Waals surface area contributed by atoms with Crippen LogP contribution in [0.15, 0.2) is 24.3 Å². The van der Waals surface area contributed by atoms with Crippen molar-refractivity contribution in [3.63, 3.8) is 0 Å². The van der Waals surface area contributed by atoms with Crippen LogP contribution in [0.1, 0.15) is 367 Å². The fraction of sp³-hybridized carbons (Fsp3) is 0.925. The van der Waals surface area contributed by atoms with Gasteiger partial charge in [-0.1, -0.05) is 327 Å². The van der Waals surface area contributed by atoms with E-state index in [0.29, 0.717) is 12.8 Å². The highest BCUT2D eigenvalue weighted by molar-refractivity contribution is 5.80. The first-order valence-corrected chi connectivity index (χ1v) is 33.2. The lowest BCUT2D eigenvalue weighted by atomic mass is 10.00. The van der Waals surface area contributed by atoms with Crippen molar-refractivity contribution in [3.8, 4) is 0 Å². The number of hydrogen-bond donors (Lipinski definition) is 5. The molecular weight excluding hydrogens is 899 g/mol. The molecule has 73 heavy (non-hydrogen) atoms. The normalized spacial score (nSPS) is 13.7. The zero-order chi connectivity index (χ0) is 53.0. The third kappa shape index (κ3) is 55.4. The van der Waals surface area contributed by atoms with Gasteiger partial charge in [-0.2, -0.15) is 0 Å². The van der Waals surface area contributed by atoms with Crippen LogP contribution >= 0.6 is 0 Å². The van der Waals surface area contributed by atoms with Crippen molar-refractivity contribution in [2.75, 3.05) is 6.61 Å². The summed E-state index contributed by atoms with van der Waals surface area (Å²) in [5.41, 5.74) is 0. The molecule has 0 saturated carbocycles. The first-order valence-electron chi connectivity index (χ1n) is 33.2. The van der Waals surface area contributed by atoms with Crippen molar-refractivity contribution in [3.05, 3.63) is 24.3 Å². The molecule has 4 unspecified atom stereocenters. The molecular formula is C67H131NO5. The summed E-state index contributed by atoms with van der Waals surface area (Å²) < 4.78 is 0. The molecule has 0 aromatic carbocycles. The van der Waals surface area contributed by atoms with Crippen LogP contribution in [0, 0.1) is 0 Å². The van der Waals surface area contributed by atoms with Crippen LogP contribution in [0.2, 0.25) is 0 Å². The zero-order valence-corrected chi connectivity index (χ0v) is 49.4. The Morgan fingerprint density at radius 1 is 0.329 bits per heavy atom. The average Bonchev–Trinajstić information content (AvgIpc) is 3.40. The molecule has 0 aliphatic rings. The lowest BCUT2D eigenvalue weighted by molar-refractivity contribution is -0.132. The van der Waals surface area contributed by atoms with E-state index in [1.54, 1.807) is 0 Å². The van der Waals surface area contributed by atoms with Gasteiger partial charge in [-0.25, -0.2) is 0 Å². The zero-order valence-electron chi connectivity index (χ0n) is 49.4. The predicted octanol–water partition coefficient (Wildman–Crippen LogP) is 20.2. The lowest BCUT2D eigenvalue weighted by Crippen LogP contribution is -2.53. The van der Waals surface area contributed by atoms with Crippen LogP contribution < -0.4 is 5.32 Å². The van der Waals surface area contributed by atoms with Gasteiger partial charge >= 0.3 is 0 Å². The lowest BCUT2D eigenvalue weighted by Gasteiger charge is -2.27. The number of rotatable bonds is 62. The second-order valence-electron chi connectivity index (χ2n) is 23.2. The first kappa shape index (κ1) is 71.8. The van der Waals surface area contributed by atoms with E-state index in [-0.39, 0.29) is 0 Å². The molecule has 1 amide bonds. The van der Waals surface area contributed by atoms with Crippen molar-refractivity contribution in [1.82, 2.24) is 5.32 Å². The molecule has 0 heterocycles. The maximum atomic E-state index is 12.6. The maximum Gasteiger partial charge on any atom is 0.249 e. The standard InChI is InChI=1S/C67H131NO5/c1-3-5-7-9-11-13-15-17-19-21-23-25-27-29-30-31-32-33-34-35-37-39-41-43-45-47-49-51-53-55-57-59-61-65(71)67(73)68-63(62-69)66(72)64(70)60-58-56-54-52-50-48-46-44-42-40-38-36-28-26-24-22-20-18-16-14-12-10-8-6-4-2/h29-30,52,54,63-66,69-72H,3-28,31-51,53,55-62H2,1-2H3,(H,68,73)/b30-29-,54-52+. The van der Waals surface area contributed by atoms with Gasteiger partial charge in [-0.3, -0.25) is 4.79 Å². The molecule has 0 bridgehead atoms. The summed E-state index contributed by atoms with van der Waals surface area (Å²) in [7, 11) is 0. The summed E-state index contributed by atoms with van der Waals surface area (Å²) in [6.45, 7) is 4.10. The number of carbonyl (C=O) groups is 1. The van der Waals surface area contributed by atoms with Gasteiger partial charge in [0.15, 0.2) is 0 Å². The second kappa shape index (κ2) is 61.6. The number of hydrogen-bond acceptors (Lipinski definition) is 5. The molecule has 0 aromatic rings. The number of aliphatic hydroxyl groups excluding tert-OH is 4. The van der Waals surface area contributed by atoms with E-state index in [1.807, 2.05) is 0 Å². The molecule has 5 N–H and O–H groups in total. The molecule has 0 spiro atoms. The highest BCUT2D eigenvalue weighted by atomic mass is 16.3. The summed E-state index contributed by atoms with van der Waals surface area (Å²) >= 11 is 0. The van der Waals surface area contributed by atoms with Gasteiger partial charge in [0.05, 0.1) is 18.8 Å². The van der Waals surface area contributed by atoms with E-state index in [2.05, 4.69) is 43.5 Å². The van der Waals surface area contributed by atoms with Crippen molar-refractivity contribution in [1.29, 1.82) is 0 Å². The van der Waals surface area contributed by atoms with Crippen molar-refractivity contribution in [2.24, 2.45) is 0 Å². The quantitative estimate of drug-likeness (QED) is 0.0308. The molecule has 6 nitrogen and oxygen atoms in total. The molecule has 0 aromatic heterocycles. The summed E-state index contributed by atoms with van der Waals surface area (Å²) in [5, 5.41) is 44.1. The van der Waals surface area contributed by atoms with Gasteiger partial charge in [0.2, 0.25) is 5.91 Å². The maximum absolute atomic E-state index is 12.6. The summed E-state index contributed by atoms with van der Waals surface area (Å²) in [5.74, 6) is -0.586. The number of aliphatic hydroxyl groups is 4. The van der Waals surface area contributed by atoms with Gasteiger partial charge in [0, 0.05) is 0 Å². The van der Waals surface area contributed by atoms with Crippen molar-refractivity contribution in [2.45, 2.75) is 391 Å². The average molecular weight is 1030 g/mol. The second-order valence-corrected chi connectivity index (χ2v) is 23.2. The molecule has 0 aliphatic heterocycles. The summed E-state index contributed by atoms with van der Waals surface area (Å²) in [6, 6.07) is -1.00. The van der Waals surface area contributed by atoms with Crippen LogP contribution in [-0.4, -0.2) is 57.3 Å². The molecule has 0 fully saturated rings. The van der Waals surface area contributed by atoms with Crippen molar-refractivity contribution < 1.29 is 25.2 Å². The minimum absolute atomic E-state index is 0.367. The number of amides is 1. The van der Waals surface area contributed by atoms with E-state index in [4.69, 9.17) is 0 Å². The van der Waals surface area contributed by atoms with Gasteiger partial charge in [-0.05, 0) is 64.2 Å². The van der Waals surface area contributed by atoms with Gasteiger partial charge in [-0.15, -0.1) is 0 Å². The Hall–Kier alpha value is -1.21. The monoisotopic (exact) mass is 1030 g/mol. The number of unbranched alkanes of at least 4 members (excludes halogenated alkanes) is 49. The van der Waals surface area contributed by atoms with Crippen LogP contribution in [0.3, 0.4) is 0 Å². The van der Waals surface area contributed by atoms with E-state index >= 15 is 0 Å². The minimum atomic E-state index is -1.28. The van der Waals surface area contributed by atoms with Gasteiger partial charge < -0.3 is 25.7 Å². The Kier molecular flexibility index (Phi) is 60.6. The summed E-state index contributed by atoms with van der Waals surface area (Å²) in [6.07, 6.45) is 77.2. The Bertz CT molecular complexity index is 1110. The van der Waals surface area contributed by atoms with Crippen LogP contribution in [0.4, 0.5) is 0 Å². The SMILES string of the molecule is CCCCCCCCCCCCCC/C=C\CCCCCCCCCCCCCCCCCCC(O)C(=O)NC(CO)C(O)C(O)CCC/C=C/CCCCCCCCCCCCCCCCCCCCCC. The smallest absolute Gasteiger partial charge is 0.249 e. The number of allylic oxidation sites excluding steroid dienone is 4. The fourth-order valence-corrected chi connectivity index (χ4v) is 10.7. The molecule has 0 rings (SSSR count). The van der Waals surface area contributed by atoms with Crippen LogP contribution in [0.5, 0.6) is 0 Å². The number of carbonyl (C=O) groups excluding carboxylic acids is 1. The van der Waals surface area contributed by atoms with E-state index in [0.717, 1.165) is 38.5 Å². The minimum Gasteiger partial charge on any atom is -0.394 e. The van der Waals surface area contributed by atoms with E-state index in [9.17, 15) is 25.2 Å². The molecule has 434 valence electrons. The van der Waals surface area contributed by atoms with Crippen molar-refractivity contribution >= 4 is 5.91 Å². The number of nitrogens with one attached hydrogen (secondary N) is 1.